The Labute approximate surface area is 116 Å². The lowest BCUT2D eigenvalue weighted by molar-refractivity contribution is -0.385. The largest absolute Gasteiger partial charge is 0.390 e. The molecule has 0 aliphatic heterocycles. The summed E-state index contributed by atoms with van der Waals surface area (Å²) in [6.07, 6.45) is 1.59. The summed E-state index contributed by atoms with van der Waals surface area (Å²) < 4.78 is 1.30. The second kappa shape index (κ2) is 7.56. The SMILES string of the molecule is CCN(C)C(=O)CNCC(O)Cn1cc([N+](=O)[O-])cn1. The van der Waals surface area contributed by atoms with Crippen molar-refractivity contribution < 1.29 is 14.8 Å². The Balaban J connectivity index is 2.31. The molecule has 0 bridgehead atoms. The summed E-state index contributed by atoms with van der Waals surface area (Å²) in [6.45, 7) is 2.97. The van der Waals surface area contributed by atoms with Crippen LogP contribution in [0.1, 0.15) is 6.92 Å². The van der Waals surface area contributed by atoms with E-state index in [0.717, 1.165) is 6.20 Å². The minimum atomic E-state index is -0.783. The average molecular weight is 285 g/mol. The van der Waals surface area contributed by atoms with Gasteiger partial charge in [-0.05, 0) is 6.92 Å². The highest BCUT2D eigenvalue weighted by atomic mass is 16.6. The number of hydrogen-bond acceptors (Lipinski definition) is 6. The molecule has 1 atom stereocenters. The maximum Gasteiger partial charge on any atom is 0.306 e. The summed E-state index contributed by atoms with van der Waals surface area (Å²) in [6, 6.07) is 0. The minimum Gasteiger partial charge on any atom is -0.390 e. The number of carbonyl (C=O) groups is 1. The summed E-state index contributed by atoms with van der Waals surface area (Å²) in [5.41, 5.74) is -0.120. The van der Waals surface area contributed by atoms with Gasteiger partial charge in [-0.25, -0.2) is 0 Å². The maximum absolute atomic E-state index is 11.5. The van der Waals surface area contributed by atoms with Crippen molar-refractivity contribution in [2.75, 3.05) is 26.7 Å². The average Bonchev–Trinajstić information content (AvgIpc) is 2.86. The van der Waals surface area contributed by atoms with E-state index in [9.17, 15) is 20.0 Å². The molecule has 2 N–H and O–H groups in total. The molecule has 9 nitrogen and oxygen atoms in total. The van der Waals surface area contributed by atoms with Crippen LogP contribution in [-0.4, -0.2) is 63.4 Å². The van der Waals surface area contributed by atoms with Crippen LogP contribution in [0.25, 0.3) is 0 Å². The van der Waals surface area contributed by atoms with Crippen LogP contribution in [0.3, 0.4) is 0 Å². The van der Waals surface area contributed by atoms with Gasteiger partial charge >= 0.3 is 5.69 Å². The first-order chi connectivity index (χ1) is 9.43. The summed E-state index contributed by atoms with van der Waals surface area (Å²) in [4.78, 5) is 23.0. The Morgan fingerprint density at radius 1 is 1.70 bits per heavy atom. The molecule has 0 aromatic carbocycles. The van der Waals surface area contributed by atoms with Crippen LogP contribution in [0.15, 0.2) is 12.4 Å². The van der Waals surface area contributed by atoms with Crippen molar-refractivity contribution in [2.45, 2.75) is 19.6 Å². The Morgan fingerprint density at radius 2 is 2.40 bits per heavy atom. The van der Waals surface area contributed by atoms with E-state index in [1.807, 2.05) is 6.92 Å². The van der Waals surface area contributed by atoms with E-state index in [4.69, 9.17) is 0 Å². The quantitative estimate of drug-likeness (QED) is 0.478. The molecule has 1 aromatic heterocycles. The van der Waals surface area contributed by atoms with Gasteiger partial charge in [-0.1, -0.05) is 0 Å². The number of aromatic nitrogens is 2. The number of nitrogens with zero attached hydrogens (tertiary/aromatic N) is 4. The molecule has 0 saturated carbocycles. The third-order valence-corrected chi connectivity index (χ3v) is 2.78. The number of carbonyl (C=O) groups excluding carboxylic acids is 1. The van der Waals surface area contributed by atoms with E-state index in [1.165, 1.54) is 10.9 Å². The monoisotopic (exact) mass is 285 g/mol. The maximum atomic E-state index is 11.5. The number of likely N-dealkylation sites (N-methyl/N-ethyl adjacent to an activating group) is 1. The number of nitrogens with one attached hydrogen (secondary N) is 1. The van der Waals surface area contributed by atoms with Crippen molar-refractivity contribution in [1.82, 2.24) is 20.0 Å². The van der Waals surface area contributed by atoms with Crippen LogP contribution >= 0.6 is 0 Å². The highest BCUT2D eigenvalue weighted by Gasteiger charge is 2.12. The van der Waals surface area contributed by atoms with E-state index in [-0.39, 0.29) is 31.2 Å². The number of aliphatic hydroxyl groups is 1. The van der Waals surface area contributed by atoms with Crippen LogP contribution in [0.2, 0.25) is 0 Å². The Bertz CT molecular complexity index is 461. The van der Waals surface area contributed by atoms with Gasteiger partial charge in [-0.15, -0.1) is 0 Å². The molecule has 1 rings (SSSR count). The van der Waals surface area contributed by atoms with Gasteiger partial charge in [0.05, 0.1) is 24.1 Å². The fraction of sp³-hybridized carbons (Fsp3) is 0.636. The summed E-state index contributed by atoms with van der Waals surface area (Å²) in [5, 5.41) is 26.8. The van der Waals surface area contributed by atoms with Crippen LogP contribution in [0.5, 0.6) is 0 Å². The molecule has 0 spiro atoms. The fourth-order valence-corrected chi connectivity index (χ4v) is 1.48. The molecule has 0 radical (unpaired) electrons. The molecule has 1 aromatic rings. The van der Waals surface area contributed by atoms with Crippen molar-refractivity contribution in [3.8, 4) is 0 Å². The number of aliphatic hydroxyl groups excluding tert-OH is 1. The van der Waals surface area contributed by atoms with Gasteiger partial charge in [0.25, 0.3) is 0 Å². The molecule has 112 valence electrons. The van der Waals surface area contributed by atoms with Gasteiger partial charge < -0.3 is 15.3 Å². The first-order valence-corrected chi connectivity index (χ1v) is 6.23. The lowest BCUT2D eigenvalue weighted by atomic mass is 10.3. The second-order valence-electron chi connectivity index (χ2n) is 4.37. The predicted molar refractivity (Wildman–Crippen MR) is 71.1 cm³/mol. The van der Waals surface area contributed by atoms with E-state index in [1.54, 1.807) is 11.9 Å². The van der Waals surface area contributed by atoms with Gasteiger partial charge in [0.2, 0.25) is 5.91 Å². The summed E-state index contributed by atoms with van der Waals surface area (Å²) in [5.74, 6) is -0.0607. The fourth-order valence-electron chi connectivity index (χ4n) is 1.48. The van der Waals surface area contributed by atoms with E-state index in [0.29, 0.717) is 6.54 Å². The van der Waals surface area contributed by atoms with Gasteiger partial charge in [-0.3, -0.25) is 19.6 Å². The molecule has 0 aliphatic carbocycles. The first kappa shape index (κ1) is 16.1. The van der Waals surface area contributed by atoms with Crippen LogP contribution < -0.4 is 5.32 Å². The van der Waals surface area contributed by atoms with E-state index < -0.39 is 11.0 Å². The van der Waals surface area contributed by atoms with Gasteiger partial charge in [-0.2, -0.15) is 5.10 Å². The number of rotatable bonds is 8. The van der Waals surface area contributed by atoms with Crippen molar-refractivity contribution >= 4 is 11.6 Å². The van der Waals surface area contributed by atoms with Gasteiger partial charge in [0, 0.05) is 20.1 Å². The van der Waals surface area contributed by atoms with Crippen molar-refractivity contribution in [2.24, 2.45) is 0 Å². The second-order valence-corrected chi connectivity index (χ2v) is 4.37. The van der Waals surface area contributed by atoms with Gasteiger partial charge in [0.1, 0.15) is 12.4 Å². The lowest BCUT2D eigenvalue weighted by Gasteiger charge is -2.16. The summed E-state index contributed by atoms with van der Waals surface area (Å²) >= 11 is 0. The smallest absolute Gasteiger partial charge is 0.306 e. The molecule has 0 saturated heterocycles. The third kappa shape index (κ3) is 4.94. The van der Waals surface area contributed by atoms with Crippen LogP contribution in [0, 0.1) is 10.1 Å². The third-order valence-electron chi connectivity index (χ3n) is 2.78. The lowest BCUT2D eigenvalue weighted by Crippen LogP contribution is -2.39. The molecule has 1 heterocycles. The number of hydrogen-bond donors (Lipinski definition) is 2. The molecule has 1 unspecified atom stereocenters. The summed E-state index contributed by atoms with van der Waals surface area (Å²) in [7, 11) is 1.70. The Hall–Kier alpha value is -2.00. The topological polar surface area (TPSA) is 114 Å². The van der Waals surface area contributed by atoms with Crippen molar-refractivity contribution in [3.63, 3.8) is 0 Å². The molecule has 0 aliphatic rings. The highest BCUT2D eigenvalue weighted by Crippen LogP contribution is 2.07. The van der Waals surface area contributed by atoms with E-state index in [2.05, 4.69) is 10.4 Å². The predicted octanol–water partition coefficient (Wildman–Crippen LogP) is -0.780. The minimum absolute atomic E-state index is 0.0607. The standard InChI is InChI=1S/C11H19N5O4/c1-3-14(2)11(18)6-12-5-10(17)8-15-7-9(4-13-15)16(19)20/h4,7,10,12,17H,3,5-6,8H2,1-2H3. The highest BCUT2D eigenvalue weighted by molar-refractivity contribution is 5.77. The normalized spacial score (nSPS) is 12.2. The molecule has 9 heteroatoms. The first-order valence-electron chi connectivity index (χ1n) is 6.23. The zero-order valence-electron chi connectivity index (χ0n) is 11.5. The van der Waals surface area contributed by atoms with Crippen molar-refractivity contribution in [3.05, 3.63) is 22.5 Å². The van der Waals surface area contributed by atoms with Crippen LogP contribution in [-0.2, 0) is 11.3 Å². The zero-order chi connectivity index (χ0) is 15.1. The Kier molecular flexibility index (Phi) is 6.07. The number of nitro groups is 1. The molecule has 0 fully saturated rings. The molecule has 20 heavy (non-hydrogen) atoms. The Morgan fingerprint density at radius 3 is 2.95 bits per heavy atom. The van der Waals surface area contributed by atoms with Crippen molar-refractivity contribution in [1.29, 1.82) is 0 Å². The number of amides is 1. The van der Waals surface area contributed by atoms with Gasteiger partial charge in [0.15, 0.2) is 0 Å². The zero-order valence-corrected chi connectivity index (χ0v) is 11.5. The molecular formula is C11H19N5O4. The van der Waals surface area contributed by atoms with E-state index >= 15 is 0 Å². The van der Waals surface area contributed by atoms with Crippen LogP contribution in [0.4, 0.5) is 5.69 Å². The molecule has 1 amide bonds. The molecular weight excluding hydrogens is 266 g/mol.